The zero-order valence-corrected chi connectivity index (χ0v) is 54.0. The van der Waals surface area contributed by atoms with E-state index in [-0.39, 0.29) is 152 Å². The quantitative estimate of drug-likeness (QED) is 0.0235. The van der Waals surface area contributed by atoms with Crippen LogP contribution in [-0.4, -0.2) is 99.6 Å². The number of non-ortho nitro benzene ring substituents is 1. The topological polar surface area (TPSA) is 296 Å². The van der Waals surface area contributed by atoms with E-state index in [1.165, 1.54) is 49.6 Å². The van der Waals surface area contributed by atoms with E-state index in [1.54, 1.807) is 78.9 Å². The molecule has 23 nitrogen and oxygen atoms in total. The number of benzene rings is 5. The Kier molecular flexibility index (Phi) is 20.0. The van der Waals surface area contributed by atoms with Crippen molar-refractivity contribution in [3.63, 3.8) is 0 Å². The van der Waals surface area contributed by atoms with Gasteiger partial charge in [0, 0.05) is 63.3 Å². The Balaban J connectivity index is 0.998. The zero-order valence-electron chi connectivity index (χ0n) is 54.0. The fraction of sp³-hybridized carbons (Fsp3) is 0.296. The largest absolute Gasteiger partial charge is 0.493 e. The molecule has 5 aromatic carbocycles. The number of carbonyl (C=O) groups is 5. The number of nitrogens with one attached hydrogen (secondary N) is 4. The Morgan fingerprint density at radius 1 is 0.372 bits per heavy atom. The van der Waals surface area contributed by atoms with Crippen LogP contribution in [0.2, 0.25) is 0 Å². The lowest BCUT2D eigenvalue weighted by Gasteiger charge is -2.17. The van der Waals surface area contributed by atoms with Gasteiger partial charge in [0.05, 0.1) is 89.9 Å². The lowest BCUT2D eigenvalue weighted by molar-refractivity contribution is -0.383. The standard InChI is InChI=1S/C71H72N10O13/c1-37(2)32-90-57-27-51(67(82)78-48-23-13-18-43-59(92-34-39(5)6)29-53(74-63(43)48)69(84)80-50-25-15-20-45-61(94-36-41(9)10)31-55(71(86)89-11)76-65(45)50)72-62-42(57)17-12-22-47(62)77-68(83)52-28-58(91-33-38(3)4)44-19-14-24-49(64(44)73-52)79-70(85)54-30-60(93-35-40(7)8)46-21-16-26-56(81(87)88)66(46)75-54/h12-31,37-41H,32-36H2,1-11H3,(H,77,83)(H,78,82)(H,79,85)(H,80,84). The molecule has 23 heteroatoms. The monoisotopic (exact) mass is 1270 g/mol. The molecule has 4 N–H and O–H groups in total. The number of rotatable bonds is 25. The molecule has 5 heterocycles. The predicted molar refractivity (Wildman–Crippen MR) is 360 cm³/mol. The van der Waals surface area contributed by atoms with Crippen LogP contribution < -0.4 is 45.0 Å². The second-order valence-corrected chi connectivity index (χ2v) is 24.6. The molecule has 0 aliphatic rings. The molecule has 0 atom stereocenters. The fourth-order valence-electron chi connectivity index (χ4n) is 9.92. The number of methoxy groups -OCH3 is 1. The van der Waals surface area contributed by atoms with E-state index in [2.05, 4.69) is 31.2 Å². The van der Waals surface area contributed by atoms with E-state index in [9.17, 15) is 34.1 Å². The third-order valence-corrected chi connectivity index (χ3v) is 14.4. The molecule has 0 aliphatic heterocycles. The number of pyridine rings is 5. The highest BCUT2D eigenvalue weighted by Crippen LogP contribution is 2.38. The lowest BCUT2D eigenvalue weighted by Crippen LogP contribution is -2.18. The van der Waals surface area contributed by atoms with Gasteiger partial charge in [0.1, 0.15) is 51.5 Å². The Morgan fingerprint density at radius 2 is 0.606 bits per heavy atom. The maximum absolute atomic E-state index is 14.9. The van der Waals surface area contributed by atoms with Crippen molar-refractivity contribution >= 4 is 113 Å². The van der Waals surface area contributed by atoms with Crippen LogP contribution in [-0.2, 0) is 4.74 Å². The minimum absolute atomic E-state index is 0.0237. The highest BCUT2D eigenvalue weighted by molar-refractivity contribution is 6.15. The lowest BCUT2D eigenvalue weighted by atomic mass is 10.1. The van der Waals surface area contributed by atoms with Crippen molar-refractivity contribution in [2.24, 2.45) is 29.6 Å². The highest BCUT2D eigenvalue weighted by Gasteiger charge is 2.26. The van der Waals surface area contributed by atoms with Gasteiger partial charge in [-0.05, 0) is 84.2 Å². The molecule has 0 saturated carbocycles. The summed E-state index contributed by atoms with van der Waals surface area (Å²) in [6.45, 7) is 21.1. The van der Waals surface area contributed by atoms with Gasteiger partial charge >= 0.3 is 5.97 Å². The number of aromatic nitrogens is 5. The van der Waals surface area contributed by atoms with Crippen LogP contribution in [0.5, 0.6) is 28.7 Å². The van der Waals surface area contributed by atoms with Gasteiger partial charge in [-0.3, -0.25) is 29.3 Å². The van der Waals surface area contributed by atoms with Gasteiger partial charge in [0.25, 0.3) is 29.3 Å². The Morgan fingerprint density at radius 3 is 0.862 bits per heavy atom. The molecule has 0 spiro atoms. The van der Waals surface area contributed by atoms with Gasteiger partial charge in [0.15, 0.2) is 11.2 Å². The van der Waals surface area contributed by atoms with Crippen molar-refractivity contribution in [1.82, 2.24) is 24.9 Å². The molecule has 4 amide bonds. The molecular formula is C71H72N10O13. The average molecular weight is 1270 g/mol. The summed E-state index contributed by atoms with van der Waals surface area (Å²) in [4.78, 5) is 107. The summed E-state index contributed by atoms with van der Waals surface area (Å²) in [5.41, 5.74) is 0.823. The smallest absolute Gasteiger partial charge is 0.356 e. The van der Waals surface area contributed by atoms with E-state index in [4.69, 9.17) is 43.4 Å². The van der Waals surface area contributed by atoms with Crippen molar-refractivity contribution < 1.29 is 57.3 Å². The van der Waals surface area contributed by atoms with E-state index in [0.717, 1.165) is 0 Å². The molecule has 94 heavy (non-hydrogen) atoms. The molecule has 10 aromatic rings. The van der Waals surface area contributed by atoms with Crippen molar-refractivity contribution in [3.8, 4) is 28.7 Å². The first-order chi connectivity index (χ1) is 45.0. The highest BCUT2D eigenvalue weighted by atomic mass is 16.6. The van der Waals surface area contributed by atoms with Crippen molar-refractivity contribution in [2.45, 2.75) is 69.2 Å². The van der Waals surface area contributed by atoms with Crippen LogP contribution in [0.4, 0.5) is 28.4 Å². The number of para-hydroxylation sites is 5. The van der Waals surface area contributed by atoms with E-state index >= 15 is 0 Å². The van der Waals surface area contributed by atoms with Gasteiger partial charge in [-0.2, -0.15) is 0 Å². The molecule has 0 radical (unpaired) electrons. The number of nitro groups is 1. The average Bonchev–Trinajstić information content (AvgIpc) is 0.793. The summed E-state index contributed by atoms with van der Waals surface area (Å²) in [6.07, 6.45) is 0. The van der Waals surface area contributed by atoms with Gasteiger partial charge < -0.3 is 49.7 Å². The van der Waals surface area contributed by atoms with Crippen LogP contribution in [0.15, 0.2) is 121 Å². The molecule has 5 aromatic heterocycles. The first-order valence-corrected chi connectivity index (χ1v) is 30.8. The molecule has 0 fully saturated rings. The summed E-state index contributed by atoms with van der Waals surface area (Å²) >= 11 is 0. The van der Waals surface area contributed by atoms with Gasteiger partial charge in [0.2, 0.25) is 0 Å². The van der Waals surface area contributed by atoms with Crippen LogP contribution >= 0.6 is 0 Å². The van der Waals surface area contributed by atoms with Crippen molar-refractivity contribution in [3.05, 3.63) is 160 Å². The summed E-state index contributed by atoms with van der Waals surface area (Å²) < 4.78 is 36.3. The number of carbonyl (C=O) groups excluding carboxylic acids is 5. The SMILES string of the molecule is COC(=O)c1cc(OCC(C)C)c2cccc(NC(=O)c3cc(OCC(C)C)c4cccc(NC(=O)c5cc(OCC(C)C)c6cccc(NC(=O)c7cc(OCC(C)C)c8cccc(NC(=O)c9cc(OCC(C)C)c%10cccc([N+](=O)[O-])c%10n9)c8n7)c6n5)c4n3)c2n1. The van der Waals surface area contributed by atoms with Crippen molar-refractivity contribution in [1.29, 1.82) is 0 Å². The summed E-state index contributed by atoms with van der Waals surface area (Å²) in [7, 11) is 1.25. The molecule has 484 valence electrons. The molecular weight excluding hydrogens is 1200 g/mol. The third-order valence-electron chi connectivity index (χ3n) is 14.4. The Hall–Kier alpha value is -11.1. The molecule has 10 rings (SSSR count). The van der Waals surface area contributed by atoms with Crippen LogP contribution in [0.3, 0.4) is 0 Å². The summed E-state index contributed by atoms with van der Waals surface area (Å²) in [6, 6.07) is 32.3. The van der Waals surface area contributed by atoms with Crippen molar-refractivity contribution in [2.75, 3.05) is 61.4 Å². The number of amides is 4. The summed E-state index contributed by atoms with van der Waals surface area (Å²) in [5.74, 6) is -1.51. The van der Waals surface area contributed by atoms with Gasteiger partial charge in [-0.25, -0.2) is 29.7 Å². The Bertz CT molecular complexity index is 4610. The van der Waals surface area contributed by atoms with E-state index < -0.39 is 34.5 Å². The number of nitro benzene ring substituents is 1. The first kappa shape index (κ1) is 65.8. The molecule has 0 aliphatic carbocycles. The second-order valence-electron chi connectivity index (χ2n) is 24.6. The predicted octanol–water partition coefficient (Wildman–Crippen LogP) is 14.3. The summed E-state index contributed by atoms with van der Waals surface area (Å²) in [5, 5.41) is 26.2. The Labute approximate surface area is 541 Å². The van der Waals surface area contributed by atoms with Gasteiger partial charge in [-0.1, -0.05) is 99.6 Å². The zero-order chi connectivity index (χ0) is 67.1. The maximum atomic E-state index is 14.9. The fourth-order valence-corrected chi connectivity index (χ4v) is 9.92. The molecule has 0 bridgehead atoms. The number of nitrogens with zero attached hydrogens (tertiary/aromatic N) is 6. The number of hydrogen-bond donors (Lipinski definition) is 4. The minimum Gasteiger partial charge on any atom is -0.493 e. The maximum Gasteiger partial charge on any atom is 0.356 e. The van der Waals surface area contributed by atoms with Crippen LogP contribution in [0, 0.1) is 39.7 Å². The normalized spacial score (nSPS) is 11.5. The van der Waals surface area contributed by atoms with Crippen LogP contribution in [0.25, 0.3) is 54.5 Å². The third kappa shape index (κ3) is 14.9. The number of fused-ring (bicyclic) bond motifs is 5. The molecule has 0 saturated heterocycles. The van der Waals surface area contributed by atoms with Crippen LogP contribution in [0.1, 0.15) is 122 Å². The number of anilines is 4. The van der Waals surface area contributed by atoms with Gasteiger partial charge in [-0.15, -0.1) is 0 Å². The number of ether oxygens (including phenoxy) is 6. The first-order valence-electron chi connectivity index (χ1n) is 30.8. The number of hydrogen-bond acceptors (Lipinski definition) is 18. The second kappa shape index (κ2) is 28.6. The molecule has 0 unspecified atom stereocenters. The van der Waals surface area contributed by atoms with E-state index in [1.807, 2.05) is 69.2 Å². The minimum atomic E-state index is -0.735. The van der Waals surface area contributed by atoms with E-state index in [0.29, 0.717) is 50.8 Å². The number of esters is 1.